The second-order valence-corrected chi connectivity index (χ2v) is 5.62. The first kappa shape index (κ1) is 14.6. The number of carbonyl (C=O) groups is 1. The van der Waals surface area contributed by atoms with Crippen LogP contribution in [0.3, 0.4) is 0 Å². The Kier molecular flexibility index (Phi) is 4.12. The number of hydrogen-bond acceptors (Lipinski definition) is 1. The maximum atomic E-state index is 12.5. The molecule has 2 nitrogen and oxygen atoms in total. The minimum absolute atomic E-state index is 0.0108. The molecule has 3 heteroatoms. The van der Waals surface area contributed by atoms with Gasteiger partial charge in [0.2, 0.25) is 5.91 Å². The van der Waals surface area contributed by atoms with Crippen LogP contribution in [0, 0.1) is 5.92 Å². The minimum Gasteiger partial charge on any atom is -0.303 e. The molecule has 3 rings (SSSR count). The first-order chi connectivity index (χ1) is 10.7. The van der Waals surface area contributed by atoms with Crippen molar-refractivity contribution in [2.75, 3.05) is 4.90 Å². The van der Waals surface area contributed by atoms with Crippen LogP contribution < -0.4 is 4.90 Å². The molecule has 1 fully saturated rings. The topological polar surface area (TPSA) is 20.3 Å². The highest BCUT2D eigenvalue weighted by atomic mass is 35.5. The average molecular weight is 310 g/mol. The van der Waals surface area contributed by atoms with Gasteiger partial charge in [0.15, 0.2) is 0 Å². The van der Waals surface area contributed by atoms with E-state index in [4.69, 9.17) is 11.6 Å². The first-order valence-electron chi connectivity index (χ1n) is 7.15. The number of anilines is 1. The molecular weight excluding hydrogens is 294 g/mol. The van der Waals surface area contributed by atoms with Crippen LogP contribution in [0.2, 0.25) is 5.02 Å². The van der Waals surface area contributed by atoms with E-state index >= 15 is 0 Å². The summed E-state index contributed by atoms with van der Waals surface area (Å²) in [5.74, 6) is -0.0661. The standard InChI is InChI=1S/C19H16ClNO/c1-2-3-9-17-18(14-10-12-15(20)13-11-14)21(19(17)22)16-7-5-4-6-8-16/h2-13,17-18H,1H2/b9-3+. The largest absolute Gasteiger partial charge is 0.303 e. The lowest BCUT2D eigenvalue weighted by Gasteiger charge is -2.46. The van der Waals surface area contributed by atoms with Crippen molar-refractivity contribution >= 4 is 23.2 Å². The molecule has 0 N–H and O–H groups in total. The van der Waals surface area contributed by atoms with E-state index in [1.54, 1.807) is 6.08 Å². The molecular formula is C19H16ClNO. The summed E-state index contributed by atoms with van der Waals surface area (Å²) in [6.07, 6.45) is 5.43. The number of rotatable bonds is 4. The lowest BCUT2D eigenvalue weighted by atomic mass is 9.81. The smallest absolute Gasteiger partial charge is 0.236 e. The zero-order chi connectivity index (χ0) is 15.5. The molecule has 0 bridgehead atoms. The maximum Gasteiger partial charge on any atom is 0.236 e. The van der Waals surface area contributed by atoms with Crippen LogP contribution in [0.15, 0.2) is 79.4 Å². The summed E-state index contributed by atoms with van der Waals surface area (Å²) >= 11 is 5.97. The normalized spacial score (nSPS) is 21.0. The van der Waals surface area contributed by atoms with Gasteiger partial charge in [-0.15, -0.1) is 0 Å². The molecule has 0 radical (unpaired) electrons. The number of halogens is 1. The van der Waals surface area contributed by atoms with Crippen molar-refractivity contribution in [3.05, 3.63) is 90.0 Å². The average Bonchev–Trinajstić information content (AvgIpc) is 2.55. The van der Waals surface area contributed by atoms with E-state index in [-0.39, 0.29) is 17.9 Å². The lowest BCUT2D eigenvalue weighted by molar-refractivity contribution is -0.128. The summed E-state index contributed by atoms with van der Waals surface area (Å²) in [7, 11) is 0. The van der Waals surface area contributed by atoms with Crippen molar-refractivity contribution < 1.29 is 4.79 Å². The van der Waals surface area contributed by atoms with Crippen molar-refractivity contribution in [1.29, 1.82) is 0 Å². The SMILES string of the molecule is C=C/C=C/C1C(=O)N(c2ccccc2)C1c1ccc(Cl)cc1. The third kappa shape index (κ3) is 2.58. The van der Waals surface area contributed by atoms with E-state index in [2.05, 4.69) is 6.58 Å². The second kappa shape index (κ2) is 6.20. The Morgan fingerprint density at radius 3 is 2.36 bits per heavy atom. The predicted octanol–water partition coefficient (Wildman–Crippen LogP) is 4.79. The number of amides is 1. The summed E-state index contributed by atoms with van der Waals surface area (Å²) in [4.78, 5) is 14.4. The number of carbonyl (C=O) groups excluding carboxylic acids is 1. The quantitative estimate of drug-likeness (QED) is 0.587. The van der Waals surface area contributed by atoms with Crippen LogP contribution in [-0.4, -0.2) is 5.91 Å². The van der Waals surface area contributed by atoms with Gasteiger partial charge in [-0.05, 0) is 29.8 Å². The van der Waals surface area contributed by atoms with Gasteiger partial charge in [-0.2, -0.15) is 0 Å². The van der Waals surface area contributed by atoms with Gasteiger partial charge in [0.25, 0.3) is 0 Å². The van der Waals surface area contributed by atoms with Crippen molar-refractivity contribution in [3.8, 4) is 0 Å². The molecule has 0 aliphatic carbocycles. The van der Waals surface area contributed by atoms with Crippen LogP contribution in [0.1, 0.15) is 11.6 Å². The Bertz CT molecular complexity index is 706. The highest BCUT2D eigenvalue weighted by molar-refractivity contribution is 6.30. The molecule has 1 aliphatic heterocycles. The van der Waals surface area contributed by atoms with Gasteiger partial charge >= 0.3 is 0 Å². The molecule has 1 amide bonds. The van der Waals surface area contributed by atoms with Crippen molar-refractivity contribution in [1.82, 2.24) is 0 Å². The molecule has 2 atom stereocenters. The van der Waals surface area contributed by atoms with Crippen molar-refractivity contribution in [2.24, 2.45) is 5.92 Å². The number of β-lactam (4-membered cyclic amide) rings is 1. The Labute approximate surface area is 135 Å². The molecule has 110 valence electrons. The molecule has 0 spiro atoms. The van der Waals surface area contributed by atoms with E-state index in [9.17, 15) is 4.79 Å². The molecule has 1 heterocycles. The van der Waals surface area contributed by atoms with Gasteiger partial charge in [-0.1, -0.05) is 66.7 Å². The van der Waals surface area contributed by atoms with E-state index < -0.39 is 0 Å². The van der Waals surface area contributed by atoms with E-state index in [1.807, 2.05) is 71.6 Å². The van der Waals surface area contributed by atoms with E-state index in [0.717, 1.165) is 11.3 Å². The monoisotopic (exact) mass is 309 g/mol. The Morgan fingerprint density at radius 2 is 1.73 bits per heavy atom. The van der Waals surface area contributed by atoms with Crippen LogP contribution in [0.5, 0.6) is 0 Å². The second-order valence-electron chi connectivity index (χ2n) is 5.19. The summed E-state index contributed by atoms with van der Waals surface area (Å²) in [6, 6.07) is 17.4. The predicted molar refractivity (Wildman–Crippen MR) is 90.9 cm³/mol. The lowest BCUT2D eigenvalue weighted by Crippen LogP contribution is -2.54. The van der Waals surface area contributed by atoms with Gasteiger partial charge in [0.05, 0.1) is 12.0 Å². The highest BCUT2D eigenvalue weighted by Crippen LogP contribution is 2.44. The maximum absolute atomic E-state index is 12.5. The summed E-state index contributed by atoms with van der Waals surface area (Å²) < 4.78 is 0. The Balaban J connectivity index is 1.98. The van der Waals surface area contributed by atoms with Gasteiger partial charge in [0, 0.05) is 10.7 Å². The molecule has 2 unspecified atom stereocenters. The zero-order valence-corrected chi connectivity index (χ0v) is 12.8. The van der Waals surface area contributed by atoms with Gasteiger partial charge in [0.1, 0.15) is 0 Å². The summed E-state index contributed by atoms with van der Waals surface area (Å²) in [5, 5.41) is 0.693. The summed E-state index contributed by atoms with van der Waals surface area (Å²) in [6.45, 7) is 3.67. The zero-order valence-electron chi connectivity index (χ0n) is 12.0. The third-order valence-corrected chi connectivity index (χ3v) is 4.09. The molecule has 22 heavy (non-hydrogen) atoms. The number of benzene rings is 2. The Hall–Kier alpha value is -2.32. The van der Waals surface area contributed by atoms with E-state index in [0.29, 0.717) is 5.02 Å². The fraction of sp³-hybridized carbons (Fsp3) is 0.105. The highest BCUT2D eigenvalue weighted by Gasteiger charge is 2.47. The van der Waals surface area contributed by atoms with Crippen molar-refractivity contribution in [2.45, 2.75) is 6.04 Å². The summed E-state index contributed by atoms with van der Waals surface area (Å²) in [5.41, 5.74) is 1.99. The van der Waals surface area contributed by atoms with Gasteiger partial charge in [-0.25, -0.2) is 0 Å². The molecule has 0 saturated carbocycles. The fourth-order valence-corrected chi connectivity index (χ4v) is 2.92. The van der Waals surface area contributed by atoms with Crippen LogP contribution in [-0.2, 0) is 4.79 Å². The van der Waals surface area contributed by atoms with Gasteiger partial charge < -0.3 is 4.90 Å². The van der Waals surface area contributed by atoms with Crippen LogP contribution in [0.4, 0.5) is 5.69 Å². The van der Waals surface area contributed by atoms with Crippen LogP contribution in [0.25, 0.3) is 0 Å². The number of hydrogen-bond donors (Lipinski definition) is 0. The molecule has 0 aromatic heterocycles. The third-order valence-electron chi connectivity index (χ3n) is 3.84. The first-order valence-corrected chi connectivity index (χ1v) is 7.53. The number of nitrogens with zero attached hydrogens (tertiary/aromatic N) is 1. The molecule has 1 saturated heterocycles. The number of para-hydroxylation sites is 1. The van der Waals surface area contributed by atoms with E-state index in [1.165, 1.54) is 0 Å². The Morgan fingerprint density at radius 1 is 1.05 bits per heavy atom. The van der Waals surface area contributed by atoms with Crippen LogP contribution >= 0.6 is 11.6 Å². The van der Waals surface area contributed by atoms with Crippen molar-refractivity contribution in [3.63, 3.8) is 0 Å². The van der Waals surface area contributed by atoms with Gasteiger partial charge in [-0.3, -0.25) is 4.79 Å². The fourth-order valence-electron chi connectivity index (χ4n) is 2.79. The number of allylic oxidation sites excluding steroid dienone is 2. The molecule has 1 aliphatic rings. The minimum atomic E-state index is -0.167. The molecule has 2 aromatic carbocycles. The molecule has 2 aromatic rings.